The van der Waals surface area contributed by atoms with Crippen LogP contribution in [0, 0.1) is 0 Å². The topological polar surface area (TPSA) is 38.2 Å². The van der Waals surface area contributed by atoms with Crippen LogP contribution in [0.25, 0.3) is 10.2 Å². The Kier molecular flexibility index (Phi) is 3.52. The molecule has 0 aliphatic heterocycles. The van der Waals surface area contributed by atoms with E-state index in [1.54, 1.807) is 18.4 Å². The summed E-state index contributed by atoms with van der Waals surface area (Å²) in [7, 11) is 3.71. The third-order valence-corrected chi connectivity index (χ3v) is 4.17. The third-order valence-electron chi connectivity index (χ3n) is 3.04. The molecule has 0 N–H and O–H groups in total. The van der Waals surface area contributed by atoms with E-state index in [0.717, 1.165) is 33.3 Å². The van der Waals surface area contributed by atoms with Gasteiger partial charge in [-0.25, -0.2) is 4.98 Å². The second-order valence-electron chi connectivity index (χ2n) is 4.51. The molecule has 102 valence electrons. The fraction of sp³-hybridized carbons (Fsp3) is 0.200. The molecular weight excluding hydrogens is 270 g/mol. The molecule has 0 radical (unpaired) electrons. The molecule has 0 saturated heterocycles. The number of hydrogen-bond acceptors (Lipinski definition) is 5. The first-order valence-electron chi connectivity index (χ1n) is 6.32. The van der Waals surface area contributed by atoms with Crippen molar-refractivity contribution < 1.29 is 4.74 Å². The highest BCUT2D eigenvalue weighted by Crippen LogP contribution is 2.31. The number of methoxy groups -OCH3 is 1. The van der Waals surface area contributed by atoms with Crippen LogP contribution in [0.2, 0.25) is 0 Å². The number of aromatic nitrogens is 2. The lowest BCUT2D eigenvalue weighted by Crippen LogP contribution is -2.16. The minimum atomic E-state index is 0.748. The summed E-state index contributed by atoms with van der Waals surface area (Å²) >= 11 is 1.66. The van der Waals surface area contributed by atoms with E-state index in [2.05, 4.69) is 14.9 Å². The Morgan fingerprint density at radius 3 is 2.90 bits per heavy atom. The van der Waals surface area contributed by atoms with E-state index >= 15 is 0 Å². The highest BCUT2D eigenvalue weighted by molar-refractivity contribution is 7.22. The van der Waals surface area contributed by atoms with Gasteiger partial charge in [0.15, 0.2) is 5.13 Å². The van der Waals surface area contributed by atoms with Gasteiger partial charge < -0.3 is 9.64 Å². The van der Waals surface area contributed by atoms with Gasteiger partial charge in [-0.05, 0) is 30.3 Å². The summed E-state index contributed by atoms with van der Waals surface area (Å²) in [5.74, 6) is 0.861. The maximum Gasteiger partial charge on any atom is 0.186 e. The van der Waals surface area contributed by atoms with Gasteiger partial charge in [0.2, 0.25) is 0 Å². The first kappa shape index (κ1) is 12.9. The van der Waals surface area contributed by atoms with Crippen molar-refractivity contribution in [3.63, 3.8) is 0 Å². The van der Waals surface area contributed by atoms with Gasteiger partial charge >= 0.3 is 0 Å². The van der Waals surface area contributed by atoms with Crippen LogP contribution in [0.3, 0.4) is 0 Å². The zero-order valence-electron chi connectivity index (χ0n) is 11.4. The van der Waals surface area contributed by atoms with Gasteiger partial charge in [0.05, 0.1) is 29.6 Å². The van der Waals surface area contributed by atoms with Crippen molar-refractivity contribution in [3.05, 3.63) is 48.3 Å². The highest BCUT2D eigenvalue weighted by Gasteiger charge is 2.10. The normalized spacial score (nSPS) is 10.7. The molecule has 0 aliphatic carbocycles. The van der Waals surface area contributed by atoms with Crippen molar-refractivity contribution in [3.8, 4) is 5.75 Å². The summed E-state index contributed by atoms with van der Waals surface area (Å²) < 4.78 is 6.37. The number of anilines is 1. The quantitative estimate of drug-likeness (QED) is 0.737. The SMILES string of the molecule is COc1ccc2nc(N(C)Cc3ccccn3)sc2c1. The molecule has 3 aromatic rings. The molecule has 0 bridgehead atoms. The summed E-state index contributed by atoms with van der Waals surface area (Å²) in [6.45, 7) is 0.748. The molecule has 0 aliphatic rings. The van der Waals surface area contributed by atoms with E-state index in [0.29, 0.717) is 0 Å². The Morgan fingerprint density at radius 2 is 2.15 bits per heavy atom. The molecule has 2 heterocycles. The van der Waals surface area contributed by atoms with Gasteiger partial charge in [-0.1, -0.05) is 17.4 Å². The van der Waals surface area contributed by atoms with Crippen molar-refractivity contribution in [1.82, 2.24) is 9.97 Å². The Balaban J connectivity index is 1.86. The van der Waals surface area contributed by atoms with Crippen LogP contribution < -0.4 is 9.64 Å². The molecule has 5 heteroatoms. The van der Waals surface area contributed by atoms with Gasteiger partial charge in [-0.3, -0.25) is 4.98 Å². The summed E-state index contributed by atoms with van der Waals surface area (Å²) in [4.78, 5) is 11.1. The lowest BCUT2D eigenvalue weighted by Gasteiger charge is -2.14. The van der Waals surface area contributed by atoms with E-state index < -0.39 is 0 Å². The van der Waals surface area contributed by atoms with Crippen molar-refractivity contribution >= 4 is 26.7 Å². The van der Waals surface area contributed by atoms with E-state index in [1.165, 1.54) is 0 Å². The number of ether oxygens (including phenoxy) is 1. The Labute approximate surface area is 121 Å². The second kappa shape index (κ2) is 5.46. The zero-order valence-corrected chi connectivity index (χ0v) is 12.2. The summed E-state index contributed by atoms with van der Waals surface area (Å²) in [5, 5.41) is 0.985. The number of fused-ring (bicyclic) bond motifs is 1. The van der Waals surface area contributed by atoms with Gasteiger partial charge in [0, 0.05) is 13.2 Å². The van der Waals surface area contributed by atoms with Crippen LogP contribution >= 0.6 is 11.3 Å². The standard InChI is InChI=1S/C15H15N3OS/c1-18(10-11-5-3-4-8-16-11)15-17-13-7-6-12(19-2)9-14(13)20-15/h3-9H,10H2,1-2H3. The Hall–Kier alpha value is -2.14. The van der Waals surface area contributed by atoms with E-state index in [4.69, 9.17) is 4.74 Å². The first-order chi connectivity index (χ1) is 9.76. The minimum Gasteiger partial charge on any atom is -0.497 e. The Morgan fingerprint density at radius 1 is 1.25 bits per heavy atom. The Bertz CT molecular complexity index is 711. The smallest absolute Gasteiger partial charge is 0.186 e. The number of rotatable bonds is 4. The van der Waals surface area contributed by atoms with Gasteiger partial charge in [-0.15, -0.1) is 0 Å². The second-order valence-corrected chi connectivity index (χ2v) is 5.52. The van der Waals surface area contributed by atoms with Crippen LogP contribution in [0.5, 0.6) is 5.75 Å². The van der Waals surface area contributed by atoms with E-state index in [-0.39, 0.29) is 0 Å². The highest BCUT2D eigenvalue weighted by atomic mass is 32.1. The molecule has 0 unspecified atom stereocenters. The van der Waals surface area contributed by atoms with Crippen LogP contribution in [0.4, 0.5) is 5.13 Å². The summed E-state index contributed by atoms with van der Waals surface area (Å²) in [6, 6.07) is 11.9. The molecule has 0 atom stereocenters. The largest absolute Gasteiger partial charge is 0.497 e. The minimum absolute atomic E-state index is 0.748. The zero-order chi connectivity index (χ0) is 13.9. The van der Waals surface area contributed by atoms with Crippen molar-refractivity contribution in [1.29, 1.82) is 0 Å². The molecule has 3 rings (SSSR count). The predicted octanol–water partition coefficient (Wildman–Crippen LogP) is 3.34. The van der Waals surface area contributed by atoms with Gasteiger partial charge in [0.25, 0.3) is 0 Å². The van der Waals surface area contributed by atoms with Gasteiger partial charge in [-0.2, -0.15) is 0 Å². The van der Waals surface area contributed by atoms with Crippen molar-refractivity contribution in [2.75, 3.05) is 19.1 Å². The van der Waals surface area contributed by atoms with Crippen molar-refractivity contribution in [2.24, 2.45) is 0 Å². The number of benzene rings is 1. The average Bonchev–Trinajstić information content (AvgIpc) is 2.91. The average molecular weight is 285 g/mol. The number of pyridine rings is 1. The number of nitrogens with zero attached hydrogens (tertiary/aromatic N) is 3. The molecule has 20 heavy (non-hydrogen) atoms. The molecule has 0 saturated carbocycles. The van der Waals surface area contributed by atoms with E-state index in [9.17, 15) is 0 Å². The molecule has 1 aromatic carbocycles. The number of hydrogen-bond donors (Lipinski definition) is 0. The fourth-order valence-electron chi connectivity index (χ4n) is 1.99. The molecule has 4 nitrogen and oxygen atoms in total. The number of thiazole rings is 1. The predicted molar refractivity (Wildman–Crippen MR) is 82.5 cm³/mol. The lowest BCUT2D eigenvalue weighted by molar-refractivity contribution is 0.415. The first-order valence-corrected chi connectivity index (χ1v) is 7.13. The van der Waals surface area contributed by atoms with E-state index in [1.807, 2.05) is 49.6 Å². The summed E-state index contributed by atoms with van der Waals surface area (Å²) in [6.07, 6.45) is 1.81. The molecular formula is C15H15N3OS. The van der Waals surface area contributed by atoms with Crippen LogP contribution in [0.1, 0.15) is 5.69 Å². The maximum absolute atomic E-state index is 5.24. The third kappa shape index (κ3) is 2.58. The molecule has 2 aromatic heterocycles. The monoisotopic (exact) mass is 285 g/mol. The van der Waals surface area contributed by atoms with Crippen LogP contribution in [-0.4, -0.2) is 24.1 Å². The maximum atomic E-state index is 5.24. The van der Waals surface area contributed by atoms with Crippen LogP contribution in [-0.2, 0) is 6.54 Å². The lowest BCUT2D eigenvalue weighted by atomic mass is 10.3. The van der Waals surface area contributed by atoms with Crippen LogP contribution in [0.15, 0.2) is 42.6 Å². The fourth-order valence-corrected chi connectivity index (χ4v) is 2.94. The summed E-state index contributed by atoms with van der Waals surface area (Å²) in [5.41, 5.74) is 2.03. The van der Waals surface area contributed by atoms with Crippen molar-refractivity contribution in [2.45, 2.75) is 6.54 Å². The molecule has 0 amide bonds. The molecule has 0 fully saturated rings. The molecule has 0 spiro atoms. The van der Waals surface area contributed by atoms with Gasteiger partial charge in [0.1, 0.15) is 5.75 Å².